The average Bonchev–Trinajstić information content (AvgIpc) is 2.72. The van der Waals surface area contributed by atoms with E-state index in [1.807, 2.05) is 54.6 Å². The summed E-state index contributed by atoms with van der Waals surface area (Å²) in [6.45, 7) is 1.33. The Morgan fingerprint density at radius 2 is 1.81 bits per heavy atom. The van der Waals surface area contributed by atoms with E-state index < -0.39 is 0 Å². The number of rotatable bonds is 5. The summed E-state index contributed by atoms with van der Waals surface area (Å²) in [5.74, 6) is -0.377. The number of piperidine rings is 1. The molecule has 0 radical (unpaired) electrons. The first kappa shape index (κ1) is 17.9. The zero-order chi connectivity index (χ0) is 18.2. The third-order valence-corrected chi connectivity index (χ3v) is 4.45. The molecule has 1 fully saturated rings. The third-order valence-electron chi connectivity index (χ3n) is 4.45. The monoisotopic (exact) mass is 350 g/mol. The SMILES string of the molecule is O=C(OCc1ccccn1)C1CCN(C(=O)/C=C/c2ccccc2)CC1. The molecule has 1 aromatic carbocycles. The summed E-state index contributed by atoms with van der Waals surface area (Å²) < 4.78 is 5.35. The van der Waals surface area contributed by atoms with Crippen LogP contribution in [0.4, 0.5) is 0 Å². The summed E-state index contributed by atoms with van der Waals surface area (Å²) >= 11 is 0. The first-order valence-corrected chi connectivity index (χ1v) is 8.81. The maximum absolute atomic E-state index is 12.3. The first-order chi connectivity index (χ1) is 12.7. The second-order valence-electron chi connectivity index (χ2n) is 6.27. The smallest absolute Gasteiger partial charge is 0.309 e. The van der Waals surface area contributed by atoms with Crippen molar-refractivity contribution in [1.82, 2.24) is 9.88 Å². The van der Waals surface area contributed by atoms with E-state index >= 15 is 0 Å². The number of pyridine rings is 1. The molecule has 0 aliphatic carbocycles. The van der Waals surface area contributed by atoms with Crippen LogP contribution >= 0.6 is 0 Å². The number of benzene rings is 1. The number of amides is 1. The lowest BCUT2D eigenvalue weighted by Crippen LogP contribution is -2.39. The van der Waals surface area contributed by atoms with Gasteiger partial charge in [0.25, 0.3) is 0 Å². The molecule has 0 N–H and O–H groups in total. The Morgan fingerprint density at radius 1 is 1.08 bits per heavy atom. The van der Waals surface area contributed by atoms with Gasteiger partial charge in [0, 0.05) is 25.4 Å². The third kappa shape index (κ3) is 5.02. The topological polar surface area (TPSA) is 59.5 Å². The normalized spacial score (nSPS) is 15.2. The molecule has 2 aromatic rings. The molecular formula is C21H22N2O3. The molecule has 5 heteroatoms. The summed E-state index contributed by atoms with van der Waals surface area (Å²) in [7, 11) is 0. The van der Waals surface area contributed by atoms with Crippen LogP contribution in [-0.2, 0) is 20.9 Å². The largest absolute Gasteiger partial charge is 0.459 e. The molecule has 2 heterocycles. The van der Waals surface area contributed by atoms with Gasteiger partial charge < -0.3 is 9.64 Å². The predicted molar refractivity (Wildman–Crippen MR) is 98.8 cm³/mol. The van der Waals surface area contributed by atoms with Crippen LogP contribution in [0.3, 0.4) is 0 Å². The Labute approximate surface area is 153 Å². The molecule has 1 aromatic heterocycles. The molecule has 0 atom stereocenters. The molecule has 1 aliphatic rings. The zero-order valence-electron chi connectivity index (χ0n) is 14.6. The molecule has 1 aliphatic heterocycles. The van der Waals surface area contributed by atoms with Crippen molar-refractivity contribution in [1.29, 1.82) is 0 Å². The molecule has 1 amide bonds. The molecule has 0 unspecified atom stereocenters. The number of hydrogen-bond acceptors (Lipinski definition) is 4. The van der Waals surface area contributed by atoms with Crippen molar-refractivity contribution in [3.05, 3.63) is 72.1 Å². The van der Waals surface area contributed by atoms with Crippen molar-refractivity contribution < 1.29 is 14.3 Å². The molecule has 3 rings (SSSR count). The van der Waals surface area contributed by atoms with E-state index in [1.165, 1.54) is 0 Å². The highest BCUT2D eigenvalue weighted by Gasteiger charge is 2.27. The number of ether oxygens (including phenoxy) is 1. The highest BCUT2D eigenvalue weighted by Crippen LogP contribution is 2.19. The van der Waals surface area contributed by atoms with Gasteiger partial charge in [0.1, 0.15) is 6.61 Å². The Morgan fingerprint density at radius 3 is 2.50 bits per heavy atom. The number of hydrogen-bond donors (Lipinski definition) is 0. The molecular weight excluding hydrogens is 328 g/mol. The van der Waals surface area contributed by atoms with Gasteiger partial charge in [0.05, 0.1) is 11.6 Å². The lowest BCUT2D eigenvalue weighted by molar-refractivity contribution is -0.152. The van der Waals surface area contributed by atoms with Gasteiger partial charge >= 0.3 is 5.97 Å². The number of carbonyl (C=O) groups is 2. The van der Waals surface area contributed by atoms with Gasteiger partial charge in [-0.05, 0) is 36.6 Å². The van der Waals surface area contributed by atoms with Crippen molar-refractivity contribution in [3.63, 3.8) is 0 Å². The van der Waals surface area contributed by atoms with Gasteiger partial charge in [0.15, 0.2) is 0 Å². The number of likely N-dealkylation sites (tertiary alicyclic amines) is 1. The fourth-order valence-electron chi connectivity index (χ4n) is 2.92. The van der Waals surface area contributed by atoms with Crippen molar-refractivity contribution in [3.8, 4) is 0 Å². The van der Waals surface area contributed by atoms with Crippen LogP contribution in [0.25, 0.3) is 6.08 Å². The van der Waals surface area contributed by atoms with E-state index in [9.17, 15) is 9.59 Å². The first-order valence-electron chi connectivity index (χ1n) is 8.81. The summed E-state index contributed by atoms with van der Waals surface area (Å²) in [5, 5.41) is 0. The van der Waals surface area contributed by atoms with Crippen LogP contribution in [0, 0.1) is 5.92 Å². The fourth-order valence-corrected chi connectivity index (χ4v) is 2.92. The average molecular weight is 350 g/mol. The van der Waals surface area contributed by atoms with Gasteiger partial charge in [-0.15, -0.1) is 0 Å². The zero-order valence-corrected chi connectivity index (χ0v) is 14.6. The summed E-state index contributed by atoms with van der Waals surface area (Å²) in [5.41, 5.74) is 1.73. The van der Waals surface area contributed by atoms with Crippen molar-refractivity contribution >= 4 is 18.0 Å². The maximum Gasteiger partial charge on any atom is 0.309 e. The minimum Gasteiger partial charge on any atom is -0.459 e. The minimum atomic E-state index is -0.206. The highest BCUT2D eigenvalue weighted by atomic mass is 16.5. The van der Waals surface area contributed by atoms with E-state index in [-0.39, 0.29) is 24.4 Å². The van der Waals surface area contributed by atoms with Crippen LogP contribution in [0.15, 0.2) is 60.8 Å². The lowest BCUT2D eigenvalue weighted by Gasteiger charge is -2.30. The standard InChI is InChI=1S/C21H22N2O3/c24-20(10-9-17-6-2-1-3-7-17)23-14-11-18(12-15-23)21(25)26-16-19-8-4-5-13-22-19/h1-10,13,18H,11-12,14-16H2/b10-9+. The van der Waals surface area contributed by atoms with Crippen LogP contribution in [0.2, 0.25) is 0 Å². The molecule has 0 saturated carbocycles. The minimum absolute atomic E-state index is 0.0193. The predicted octanol–water partition coefficient (Wildman–Crippen LogP) is 3.08. The molecule has 0 spiro atoms. The molecule has 0 bridgehead atoms. The van der Waals surface area contributed by atoms with Gasteiger partial charge in [-0.1, -0.05) is 36.4 Å². The number of aromatic nitrogens is 1. The fraction of sp³-hybridized carbons (Fsp3) is 0.286. The van der Waals surface area contributed by atoms with Crippen molar-refractivity contribution in [2.75, 3.05) is 13.1 Å². The summed E-state index contributed by atoms with van der Waals surface area (Å²) in [4.78, 5) is 30.4. The van der Waals surface area contributed by atoms with E-state index in [1.54, 1.807) is 17.2 Å². The summed E-state index contributed by atoms with van der Waals surface area (Å²) in [6, 6.07) is 15.2. The summed E-state index contributed by atoms with van der Waals surface area (Å²) in [6.07, 6.45) is 6.35. The molecule has 1 saturated heterocycles. The van der Waals surface area contributed by atoms with Gasteiger partial charge in [0.2, 0.25) is 5.91 Å². The van der Waals surface area contributed by atoms with Crippen molar-refractivity contribution in [2.45, 2.75) is 19.4 Å². The van der Waals surface area contributed by atoms with Crippen LogP contribution in [0.1, 0.15) is 24.1 Å². The lowest BCUT2D eigenvalue weighted by atomic mass is 9.97. The molecule has 5 nitrogen and oxygen atoms in total. The molecule has 26 heavy (non-hydrogen) atoms. The number of carbonyl (C=O) groups excluding carboxylic acids is 2. The van der Waals surface area contributed by atoms with E-state index in [2.05, 4.69) is 4.98 Å². The van der Waals surface area contributed by atoms with Crippen LogP contribution in [-0.4, -0.2) is 34.8 Å². The van der Waals surface area contributed by atoms with E-state index in [0.717, 1.165) is 11.3 Å². The second-order valence-corrected chi connectivity index (χ2v) is 6.27. The van der Waals surface area contributed by atoms with Gasteiger partial charge in [-0.2, -0.15) is 0 Å². The maximum atomic E-state index is 12.3. The van der Waals surface area contributed by atoms with Gasteiger partial charge in [-0.25, -0.2) is 0 Å². The highest BCUT2D eigenvalue weighted by molar-refractivity contribution is 5.92. The number of esters is 1. The Bertz CT molecular complexity index is 751. The Balaban J connectivity index is 1.44. The number of nitrogens with zero attached hydrogens (tertiary/aromatic N) is 2. The van der Waals surface area contributed by atoms with E-state index in [4.69, 9.17) is 4.74 Å². The Kier molecular flexibility index (Phi) is 6.14. The van der Waals surface area contributed by atoms with Gasteiger partial charge in [-0.3, -0.25) is 14.6 Å². The molecule has 134 valence electrons. The quantitative estimate of drug-likeness (QED) is 0.614. The second kappa shape index (κ2) is 8.94. The van der Waals surface area contributed by atoms with Crippen molar-refractivity contribution in [2.24, 2.45) is 5.92 Å². The Hall–Kier alpha value is -2.95. The van der Waals surface area contributed by atoms with Crippen LogP contribution in [0.5, 0.6) is 0 Å². The van der Waals surface area contributed by atoms with Crippen LogP contribution < -0.4 is 0 Å². The van der Waals surface area contributed by atoms with E-state index in [0.29, 0.717) is 25.9 Å².